The monoisotopic (exact) mass is 262 g/mol. The Labute approximate surface area is 112 Å². The van der Waals surface area contributed by atoms with Crippen LogP contribution in [-0.4, -0.2) is 49.4 Å². The van der Waals surface area contributed by atoms with Gasteiger partial charge >= 0.3 is 7.62 Å². The molecule has 97 valence electrons. The zero-order chi connectivity index (χ0) is 12.6. The molecule has 1 aromatic carbocycles. The van der Waals surface area contributed by atoms with Crippen LogP contribution in [-0.2, 0) is 4.65 Å². The Bertz CT molecular complexity index is 412. The van der Waals surface area contributed by atoms with Gasteiger partial charge in [-0.15, -0.1) is 0 Å². The number of fused-ring (bicyclic) bond motifs is 1. The molecular formula is C14H21BNOS. The minimum Gasteiger partial charge on any atom is -0.419 e. The van der Waals surface area contributed by atoms with E-state index in [0.29, 0.717) is 12.1 Å². The van der Waals surface area contributed by atoms with Gasteiger partial charge in [-0.1, -0.05) is 30.3 Å². The third kappa shape index (κ3) is 2.34. The Balaban J connectivity index is 1.72. The smallest absolute Gasteiger partial charge is 0.399 e. The molecule has 1 radical (unpaired) electrons. The summed E-state index contributed by atoms with van der Waals surface area (Å²) in [6.45, 7) is 1.18. The quantitative estimate of drug-likeness (QED) is 0.776. The summed E-state index contributed by atoms with van der Waals surface area (Å²) in [6.07, 6.45) is 7.83. The van der Waals surface area contributed by atoms with Crippen molar-refractivity contribution < 1.29 is 4.65 Å². The van der Waals surface area contributed by atoms with Gasteiger partial charge in [0.25, 0.3) is 0 Å². The Hall–Kier alpha value is -0.445. The number of nitrogens with zero attached hydrogens (tertiary/aromatic N) is 1. The lowest BCUT2D eigenvalue weighted by atomic mass is 10.1. The van der Waals surface area contributed by atoms with E-state index in [1.807, 2.05) is 7.62 Å². The van der Waals surface area contributed by atoms with Gasteiger partial charge in [-0.05, 0) is 36.8 Å². The molecule has 2 nitrogen and oxygen atoms in total. The van der Waals surface area contributed by atoms with Crippen LogP contribution in [0.2, 0.25) is 0 Å². The largest absolute Gasteiger partial charge is 0.419 e. The molecule has 2 fully saturated rings. The second kappa shape index (κ2) is 4.91. The fourth-order valence-corrected chi connectivity index (χ4v) is 5.25. The highest BCUT2D eigenvalue weighted by Crippen LogP contribution is 2.51. The molecule has 0 aromatic heterocycles. The molecule has 2 aliphatic rings. The Morgan fingerprint density at radius 1 is 1.33 bits per heavy atom. The lowest BCUT2D eigenvalue weighted by molar-refractivity contribution is 0.231. The van der Waals surface area contributed by atoms with Crippen LogP contribution < -0.4 is 0 Å². The van der Waals surface area contributed by atoms with E-state index in [2.05, 4.69) is 47.7 Å². The van der Waals surface area contributed by atoms with Gasteiger partial charge < -0.3 is 9.47 Å². The first-order valence-electron chi connectivity index (χ1n) is 6.67. The standard InChI is InChI=1S/C14H21BNOS/c1-18(2,12-7-4-3-5-8-12)11-14-13-9-6-10-16(13)15-17-14/h3-5,7-8,13-14H,6,9-11H2,1-2H3. The maximum atomic E-state index is 5.90. The molecule has 18 heavy (non-hydrogen) atoms. The Morgan fingerprint density at radius 2 is 2.11 bits per heavy atom. The predicted molar refractivity (Wildman–Crippen MR) is 79.4 cm³/mol. The second-order valence-electron chi connectivity index (χ2n) is 5.75. The van der Waals surface area contributed by atoms with E-state index in [1.165, 1.54) is 30.0 Å². The van der Waals surface area contributed by atoms with Crippen LogP contribution in [0.5, 0.6) is 0 Å². The van der Waals surface area contributed by atoms with Gasteiger partial charge in [0.15, 0.2) is 0 Å². The zero-order valence-electron chi connectivity index (χ0n) is 11.2. The molecule has 2 unspecified atom stereocenters. The highest BCUT2D eigenvalue weighted by Gasteiger charge is 2.40. The van der Waals surface area contributed by atoms with E-state index >= 15 is 0 Å². The summed E-state index contributed by atoms with van der Waals surface area (Å²) in [5.41, 5.74) is 0. The first-order chi connectivity index (χ1) is 8.67. The molecule has 2 saturated heterocycles. The van der Waals surface area contributed by atoms with Gasteiger partial charge in [-0.25, -0.2) is 10.0 Å². The van der Waals surface area contributed by atoms with Crippen molar-refractivity contribution in [3.05, 3.63) is 30.3 Å². The Morgan fingerprint density at radius 3 is 2.89 bits per heavy atom. The fourth-order valence-electron chi connectivity index (χ4n) is 3.04. The number of rotatable bonds is 3. The summed E-state index contributed by atoms with van der Waals surface area (Å²) in [4.78, 5) is 3.88. The van der Waals surface area contributed by atoms with Gasteiger partial charge in [-0.2, -0.15) is 0 Å². The predicted octanol–water partition coefficient (Wildman–Crippen LogP) is 2.51. The minimum absolute atomic E-state index is 0.401. The maximum absolute atomic E-state index is 5.90. The van der Waals surface area contributed by atoms with Crippen LogP contribution in [0.3, 0.4) is 0 Å². The van der Waals surface area contributed by atoms with Crippen molar-refractivity contribution in [2.24, 2.45) is 0 Å². The van der Waals surface area contributed by atoms with Crippen LogP contribution in [0, 0.1) is 0 Å². The summed E-state index contributed by atoms with van der Waals surface area (Å²) >= 11 is 0. The summed E-state index contributed by atoms with van der Waals surface area (Å²) in [5, 5.41) is 0. The molecule has 1 aromatic rings. The first-order valence-corrected chi connectivity index (χ1v) is 9.29. The van der Waals surface area contributed by atoms with Crippen molar-refractivity contribution in [2.75, 3.05) is 24.8 Å². The van der Waals surface area contributed by atoms with Crippen LogP contribution >= 0.6 is 10.0 Å². The molecule has 2 aliphatic heterocycles. The molecule has 0 aliphatic carbocycles. The number of hydrogen-bond acceptors (Lipinski definition) is 2. The van der Waals surface area contributed by atoms with Crippen molar-refractivity contribution in [2.45, 2.75) is 29.9 Å². The molecular weight excluding hydrogens is 241 g/mol. The van der Waals surface area contributed by atoms with Crippen LogP contribution in [0.1, 0.15) is 12.8 Å². The summed E-state index contributed by atoms with van der Waals surface area (Å²) in [6, 6.07) is 11.6. The molecule has 3 rings (SSSR count). The van der Waals surface area contributed by atoms with E-state index < -0.39 is 10.0 Å². The van der Waals surface area contributed by atoms with Gasteiger partial charge in [0, 0.05) is 11.8 Å². The van der Waals surface area contributed by atoms with E-state index in [4.69, 9.17) is 4.65 Å². The average Bonchev–Trinajstić information content (AvgIpc) is 2.95. The van der Waals surface area contributed by atoms with E-state index in [-0.39, 0.29) is 0 Å². The number of benzene rings is 1. The van der Waals surface area contributed by atoms with Crippen molar-refractivity contribution in [1.29, 1.82) is 0 Å². The molecule has 0 N–H and O–H groups in total. The summed E-state index contributed by atoms with van der Waals surface area (Å²) in [7, 11) is 1.22. The van der Waals surface area contributed by atoms with E-state index in [9.17, 15) is 0 Å². The number of hydrogen-bond donors (Lipinski definition) is 0. The molecule has 0 spiro atoms. The topological polar surface area (TPSA) is 12.5 Å². The fraction of sp³-hybridized carbons (Fsp3) is 0.571. The average molecular weight is 262 g/mol. The lowest BCUT2D eigenvalue weighted by Crippen LogP contribution is -2.33. The molecule has 0 bridgehead atoms. The normalized spacial score (nSPS) is 29.0. The molecule has 2 atom stereocenters. The molecule has 2 heterocycles. The van der Waals surface area contributed by atoms with Crippen LogP contribution in [0.25, 0.3) is 0 Å². The molecule has 4 heteroatoms. The van der Waals surface area contributed by atoms with Gasteiger partial charge in [0.2, 0.25) is 0 Å². The highest BCUT2D eigenvalue weighted by molar-refractivity contribution is 8.32. The van der Waals surface area contributed by atoms with Crippen molar-refractivity contribution in [3.8, 4) is 0 Å². The molecule has 0 amide bonds. The SMILES string of the molecule is CS(C)(CC1O[B]N2CCCC12)c1ccccc1. The Kier molecular flexibility index (Phi) is 3.43. The second-order valence-corrected chi connectivity index (χ2v) is 9.63. The van der Waals surface area contributed by atoms with Gasteiger partial charge in [-0.3, -0.25) is 0 Å². The summed E-state index contributed by atoms with van der Waals surface area (Å²) in [5.74, 6) is 1.18. The van der Waals surface area contributed by atoms with Crippen molar-refractivity contribution in [1.82, 2.24) is 4.81 Å². The van der Waals surface area contributed by atoms with Crippen molar-refractivity contribution >= 4 is 17.6 Å². The van der Waals surface area contributed by atoms with Gasteiger partial charge in [0.1, 0.15) is 0 Å². The van der Waals surface area contributed by atoms with Crippen LogP contribution in [0.4, 0.5) is 0 Å². The van der Waals surface area contributed by atoms with Crippen LogP contribution in [0.15, 0.2) is 35.2 Å². The minimum atomic E-state index is -0.754. The van der Waals surface area contributed by atoms with Crippen molar-refractivity contribution in [3.63, 3.8) is 0 Å². The van der Waals surface area contributed by atoms with E-state index in [1.54, 1.807) is 0 Å². The van der Waals surface area contributed by atoms with E-state index in [0.717, 1.165) is 0 Å². The first kappa shape index (κ1) is 12.6. The maximum Gasteiger partial charge on any atom is 0.399 e. The van der Waals surface area contributed by atoms with Gasteiger partial charge in [0.05, 0.1) is 6.10 Å². The summed E-state index contributed by atoms with van der Waals surface area (Å²) < 4.78 is 5.90. The lowest BCUT2D eigenvalue weighted by Gasteiger charge is -2.36. The zero-order valence-corrected chi connectivity index (χ0v) is 12.0. The molecule has 0 saturated carbocycles. The third-order valence-electron chi connectivity index (χ3n) is 4.10. The third-order valence-corrected chi connectivity index (χ3v) is 6.81. The highest BCUT2D eigenvalue weighted by atomic mass is 32.3.